The lowest BCUT2D eigenvalue weighted by atomic mass is 9.99. The number of aromatic nitrogens is 1. The number of hydrogen-bond donors (Lipinski definition) is 2. The molecule has 2 aliphatic heterocycles. The smallest absolute Gasteiger partial charge is 0.303 e. The Morgan fingerprint density at radius 2 is 1.83 bits per heavy atom. The van der Waals surface area contributed by atoms with E-state index < -0.39 is 11.9 Å². The van der Waals surface area contributed by atoms with E-state index in [1.54, 1.807) is 12.1 Å². The molecule has 0 aliphatic carbocycles. The number of carbonyl (C=O) groups excluding carboxylic acids is 2. The van der Waals surface area contributed by atoms with Gasteiger partial charge >= 0.3 is 5.97 Å². The number of ether oxygens (including phenoxy) is 2. The molecule has 1 unspecified atom stereocenters. The molecule has 0 saturated carbocycles. The molecule has 2 aliphatic rings. The van der Waals surface area contributed by atoms with Crippen LogP contribution in [0.3, 0.4) is 0 Å². The van der Waals surface area contributed by atoms with Gasteiger partial charge in [0.15, 0.2) is 6.61 Å². The van der Waals surface area contributed by atoms with Crippen molar-refractivity contribution in [3.63, 3.8) is 0 Å². The molecule has 35 heavy (non-hydrogen) atoms. The van der Waals surface area contributed by atoms with Gasteiger partial charge in [-0.1, -0.05) is 11.6 Å². The maximum absolute atomic E-state index is 13.1. The van der Waals surface area contributed by atoms with Gasteiger partial charge < -0.3 is 24.8 Å². The molecule has 2 fully saturated rings. The fraction of sp³-hybridized carbons (Fsp3) is 0.417. The highest BCUT2D eigenvalue weighted by Gasteiger charge is 2.44. The number of amides is 2. The molecule has 186 valence electrons. The van der Waals surface area contributed by atoms with Crippen molar-refractivity contribution in [2.45, 2.75) is 56.7 Å². The summed E-state index contributed by atoms with van der Waals surface area (Å²) in [7, 11) is 0. The van der Waals surface area contributed by atoms with Crippen molar-refractivity contribution in [2.75, 3.05) is 11.9 Å². The van der Waals surface area contributed by atoms with E-state index in [9.17, 15) is 18.8 Å². The number of aliphatic carboxylic acids is 1. The minimum Gasteiger partial charge on any atom is -0.490 e. The second-order valence-electron chi connectivity index (χ2n) is 8.59. The van der Waals surface area contributed by atoms with Crippen LogP contribution >= 0.6 is 11.6 Å². The van der Waals surface area contributed by atoms with Crippen molar-refractivity contribution in [1.82, 2.24) is 9.88 Å². The van der Waals surface area contributed by atoms with E-state index in [2.05, 4.69) is 10.3 Å². The summed E-state index contributed by atoms with van der Waals surface area (Å²) >= 11 is 5.97. The van der Waals surface area contributed by atoms with E-state index >= 15 is 0 Å². The second kappa shape index (κ2) is 10.9. The number of carboxylic acid groups (broad SMARTS) is 1. The molecule has 2 N–H and O–H groups in total. The topological polar surface area (TPSA) is 118 Å². The van der Waals surface area contributed by atoms with E-state index in [1.807, 2.05) is 4.90 Å². The zero-order chi connectivity index (χ0) is 24.9. The van der Waals surface area contributed by atoms with Crippen LogP contribution in [0.4, 0.5) is 10.1 Å². The van der Waals surface area contributed by atoms with Gasteiger partial charge in [-0.25, -0.2) is 9.37 Å². The molecule has 2 amide bonds. The minimum absolute atomic E-state index is 0.0173. The largest absolute Gasteiger partial charge is 0.490 e. The molecule has 2 saturated heterocycles. The Kier molecular flexibility index (Phi) is 7.70. The maximum Gasteiger partial charge on any atom is 0.303 e. The number of piperidine rings is 1. The van der Waals surface area contributed by atoms with Gasteiger partial charge in [-0.3, -0.25) is 14.4 Å². The number of nitrogens with one attached hydrogen (secondary N) is 1. The molecule has 1 aromatic heterocycles. The van der Waals surface area contributed by atoms with Crippen LogP contribution < -0.4 is 14.8 Å². The van der Waals surface area contributed by atoms with Crippen LogP contribution in [0.25, 0.3) is 0 Å². The van der Waals surface area contributed by atoms with Crippen molar-refractivity contribution in [3.05, 3.63) is 47.4 Å². The normalized spacial score (nSPS) is 20.9. The van der Waals surface area contributed by atoms with E-state index in [-0.39, 0.29) is 66.0 Å². The Labute approximate surface area is 206 Å². The molecule has 2 bridgehead atoms. The summed E-state index contributed by atoms with van der Waals surface area (Å²) < 4.78 is 24.8. The Balaban J connectivity index is 1.34. The van der Waals surface area contributed by atoms with Crippen LogP contribution in [0, 0.1) is 5.82 Å². The lowest BCUT2D eigenvalue weighted by molar-refractivity contribution is -0.139. The van der Waals surface area contributed by atoms with Crippen molar-refractivity contribution in [3.8, 4) is 11.6 Å². The zero-order valence-electron chi connectivity index (χ0n) is 18.8. The highest BCUT2D eigenvalue weighted by Crippen LogP contribution is 2.37. The molecule has 9 nitrogen and oxygen atoms in total. The van der Waals surface area contributed by atoms with Gasteiger partial charge in [0.1, 0.15) is 23.4 Å². The number of rotatable bonds is 9. The number of carbonyl (C=O) groups is 3. The van der Waals surface area contributed by atoms with Crippen molar-refractivity contribution in [1.29, 1.82) is 0 Å². The summed E-state index contributed by atoms with van der Waals surface area (Å²) in [5, 5.41) is 11.5. The number of anilines is 1. The molecular weight excluding hydrogens is 481 g/mol. The predicted octanol–water partition coefficient (Wildman–Crippen LogP) is 3.66. The first kappa shape index (κ1) is 24.7. The van der Waals surface area contributed by atoms with Crippen LogP contribution in [0.1, 0.15) is 38.5 Å². The molecule has 3 heterocycles. The monoisotopic (exact) mass is 505 g/mol. The molecule has 2 aromatic rings. The number of carboxylic acids is 1. The summed E-state index contributed by atoms with van der Waals surface area (Å²) in [6.07, 6.45) is 3.79. The van der Waals surface area contributed by atoms with Crippen molar-refractivity contribution < 1.29 is 33.4 Å². The molecule has 0 radical (unpaired) electrons. The predicted molar refractivity (Wildman–Crippen MR) is 124 cm³/mol. The van der Waals surface area contributed by atoms with Gasteiger partial charge in [0, 0.05) is 37.5 Å². The SMILES string of the molecule is O=C(O)CCC(=O)Nc1cc(Cl)cnc1OCC(=O)N1[C@@H]2CC[C@H]1CC(Oc1ccc(F)cc1)C2. The first-order valence-corrected chi connectivity index (χ1v) is 11.7. The molecule has 1 aromatic carbocycles. The van der Waals surface area contributed by atoms with Crippen LogP contribution in [0.15, 0.2) is 36.5 Å². The Bertz CT molecular complexity index is 1090. The first-order valence-electron chi connectivity index (χ1n) is 11.3. The number of fused-ring (bicyclic) bond motifs is 2. The molecule has 11 heteroatoms. The number of hydrogen-bond acceptors (Lipinski definition) is 6. The third-order valence-electron chi connectivity index (χ3n) is 6.08. The summed E-state index contributed by atoms with van der Waals surface area (Å²) in [5.74, 6) is -1.52. The number of halogens is 2. The lowest BCUT2D eigenvalue weighted by Gasteiger charge is -2.38. The number of nitrogens with zero attached hydrogens (tertiary/aromatic N) is 2. The Morgan fingerprint density at radius 1 is 1.14 bits per heavy atom. The highest BCUT2D eigenvalue weighted by atomic mass is 35.5. The highest BCUT2D eigenvalue weighted by molar-refractivity contribution is 6.30. The summed E-state index contributed by atoms with van der Waals surface area (Å²) in [6, 6.07) is 7.36. The average molecular weight is 506 g/mol. The maximum atomic E-state index is 13.1. The number of benzene rings is 1. The van der Waals surface area contributed by atoms with E-state index in [0.29, 0.717) is 18.6 Å². The van der Waals surface area contributed by atoms with Gasteiger partial charge in [-0.15, -0.1) is 0 Å². The van der Waals surface area contributed by atoms with Crippen molar-refractivity contribution in [2.24, 2.45) is 0 Å². The number of pyridine rings is 1. The minimum atomic E-state index is -1.09. The van der Waals surface area contributed by atoms with Crippen molar-refractivity contribution >= 4 is 35.1 Å². The lowest BCUT2D eigenvalue weighted by Crippen LogP contribution is -2.50. The van der Waals surface area contributed by atoms with E-state index in [1.165, 1.54) is 24.4 Å². The molecule has 4 rings (SSSR count). The third kappa shape index (κ3) is 6.39. The standard InChI is InChI=1S/C24H25ClFN3O6/c25-14-9-20(28-21(30)7-8-23(32)33)24(27-12-14)34-13-22(31)29-16-3-4-17(29)11-19(10-16)35-18-5-1-15(26)2-6-18/h1-2,5-6,9,12,16-17,19H,3-4,7-8,10-11,13H2,(H,28,30)(H,32,33)/t16-,17+,19?. The fourth-order valence-corrected chi connectivity index (χ4v) is 4.76. The quantitative estimate of drug-likeness (QED) is 0.534. The van der Waals surface area contributed by atoms with Gasteiger partial charge in [-0.2, -0.15) is 0 Å². The van der Waals surface area contributed by atoms with Crippen LogP contribution in [-0.2, 0) is 14.4 Å². The van der Waals surface area contributed by atoms with E-state index in [4.69, 9.17) is 26.2 Å². The summed E-state index contributed by atoms with van der Waals surface area (Å²) in [5.41, 5.74) is 0.162. The van der Waals surface area contributed by atoms with Gasteiger partial charge in [-0.05, 0) is 43.2 Å². The van der Waals surface area contributed by atoms with Crippen LogP contribution in [-0.4, -0.2) is 57.6 Å². The van der Waals surface area contributed by atoms with Crippen LogP contribution in [0.5, 0.6) is 11.6 Å². The first-order chi connectivity index (χ1) is 16.8. The van der Waals surface area contributed by atoms with Gasteiger partial charge in [0.25, 0.3) is 5.91 Å². The summed E-state index contributed by atoms with van der Waals surface area (Å²) in [6.45, 7) is -0.275. The Morgan fingerprint density at radius 3 is 2.49 bits per heavy atom. The average Bonchev–Trinajstić information content (AvgIpc) is 3.09. The Hall–Kier alpha value is -3.40. The van der Waals surface area contributed by atoms with Crippen LogP contribution in [0.2, 0.25) is 5.02 Å². The molecule has 0 spiro atoms. The van der Waals surface area contributed by atoms with Gasteiger partial charge in [0.05, 0.1) is 11.4 Å². The third-order valence-corrected chi connectivity index (χ3v) is 6.29. The fourth-order valence-electron chi connectivity index (χ4n) is 4.61. The second-order valence-corrected chi connectivity index (χ2v) is 9.02. The molecular formula is C24H25ClFN3O6. The summed E-state index contributed by atoms with van der Waals surface area (Å²) in [4.78, 5) is 41.6. The van der Waals surface area contributed by atoms with E-state index in [0.717, 1.165) is 12.8 Å². The molecule has 3 atom stereocenters. The van der Waals surface area contributed by atoms with Gasteiger partial charge in [0.2, 0.25) is 11.8 Å². The zero-order valence-corrected chi connectivity index (χ0v) is 19.5.